The van der Waals surface area contributed by atoms with Crippen LogP contribution in [0.5, 0.6) is 0 Å². The molecule has 2 rings (SSSR count). The molecular weight excluding hydrogens is 177 g/mol. The van der Waals surface area contributed by atoms with E-state index in [1.807, 2.05) is 0 Å². The van der Waals surface area contributed by atoms with Gasteiger partial charge < -0.3 is 4.90 Å². The Morgan fingerprint density at radius 3 is 2.64 bits per heavy atom. The van der Waals surface area contributed by atoms with Crippen LogP contribution in [0.3, 0.4) is 0 Å². The molecule has 0 bridgehead atoms. The molecule has 0 N–H and O–H groups in total. The summed E-state index contributed by atoms with van der Waals surface area (Å²) in [5.74, 6) is 2.27. The van der Waals surface area contributed by atoms with Crippen LogP contribution in [0.4, 0.5) is 10.1 Å². The first-order chi connectivity index (χ1) is 6.81. The number of benzene rings is 1. The molecule has 1 aliphatic heterocycles. The van der Waals surface area contributed by atoms with Gasteiger partial charge in [-0.15, -0.1) is 6.42 Å². The zero-order valence-corrected chi connectivity index (χ0v) is 7.96. The van der Waals surface area contributed by atoms with Crippen molar-refractivity contribution in [3.8, 4) is 12.3 Å². The van der Waals surface area contributed by atoms with E-state index in [0.717, 1.165) is 18.8 Å². The highest BCUT2D eigenvalue weighted by Gasteiger charge is 2.15. The van der Waals surface area contributed by atoms with Crippen molar-refractivity contribution in [3.63, 3.8) is 0 Å². The van der Waals surface area contributed by atoms with Gasteiger partial charge in [0, 0.05) is 13.1 Å². The van der Waals surface area contributed by atoms with Crippen molar-refractivity contribution < 1.29 is 4.39 Å². The summed E-state index contributed by atoms with van der Waals surface area (Å²) < 4.78 is 12.9. The summed E-state index contributed by atoms with van der Waals surface area (Å²) in [6.07, 6.45) is 7.74. The van der Waals surface area contributed by atoms with Crippen LogP contribution in [-0.4, -0.2) is 13.1 Å². The zero-order valence-electron chi connectivity index (χ0n) is 7.96. The Bertz CT molecular complexity index is 372. The van der Waals surface area contributed by atoms with Crippen molar-refractivity contribution in [3.05, 3.63) is 29.6 Å². The molecule has 1 saturated heterocycles. The Kier molecular flexibility index (Phi) is 2.41. The van der Waals surface area contributed by atoms with E-state index < -0.39 is 0 Å². The summed E-state index contributed by atoms with van der Waals surface area (Å²) in [6.45, 7) is 2.06. The predicted octanol–water partition coefficient (Wildman–Crippen LogP) is 2.41. The van der Waals surface area contributed by atoms with Crippen LogP contribution >= 0.6 is 0 Å². The summed E-state index contributed by atoms with van der Waals surface area (Å²) >= 11 is 0. The second kappa shape index (κ2) is 3.71. The molecule has 1 nitrogen and oxygen atoms in total. The second-order valence-electron chi connectivity index (χ2n) is 3.50. The van der Waals surface area contributed by atoms with Crippen LogP contribution in [0.25, 0.3) is 0 Å². The van der Waals surface area contributed by atoms with Crippen LogP contribution in [0, 0.1) is 18.2 Å². The zero-order chi connectivity index (χ0) is 9.97. The second-order valence-corrected chi connectivity index (χ2v) is 3.50. The number of anilines is 1. The molecule has 1 fully saturated rings. The molecule has 0 saturated carbocycles. The van der Waals surface area contributed by atoms with Crippen LogP contribution in [0.2, 0.25) is 0 Å². The van der Waals surface area contributed by atoms with Gasteiger partial charge in [-0.3, -0.25) is 0 Å². The number of hydrogen-bond donors (Lipinski definition) is 0. The molecule has 1 heterocycles. The number of hydrogen-bond acceptors (Lipinski definition) is 1. The van der Waals surface area contributed by atoms with E-state index in [-0.39, 0.29) is 5.82 Å². The number of nitrogens with zero attached hydrogens (tertiary/aromatic N) is 1. The quantitative estimate of drug-likeness (QED) is 0.613. The lowest BCUT2D eigenvalue weighted by Gasteiger charge is -2.19. The molecule has 2 heteroatoms. The maximum atomic E-state index is 12.9. The molecule has 0 atom stereocenters. The fraction of sp³-hybridized carbons (Fsp3) is 0.333. The molecule has 0 aromatic heterocycles. The van der Waals surface area contributed by atoms with Gasteiger partial charge in [0.1, 0.15) is 5.82 Å². The maximum Gasteiger partial charge on any atom is 0.124 e. The fourth-order valence-corrected chi connectivity index (χ4v) is 1.86. The van der Waals surface area contributed by atoms with E-state index in [1.54, 1.807) is 6.07 Å². The van der Waals surface area contributed by atoms with E-state index >= 15 is 0 Å². The Morgan fingerprint density at radius 1 is 1.29 bits per heavy atom. The minimum Gasteiger partial charge on any atom is -0.371 e. The minimum absolute atomic E-state index is 0.263. The molecule has 1 aliphatic rings. The number of terminal acetylenes is 1. The molecular formula is C12H12FN. The first-order valence-electron chi connectivity index (χ1n) is 4.82. The van der Waals surface area contributed by atoms with Crippen molar-refractivity contribution >= 4 is 5.69 Å². The lowest BCUT2D eigenvalue weighted by atomic mass is 10.1. The SMILES string of the molecule is C#Cc1cc(F)ccc1N1CCCC1. The van der Waals surface area contributed by atoms with Crippen molar-refractivity contribution in [2.45, 2.75) is 12.8 Å². The molecule has 0 amide bonds. The molecule has 1 aromatic carbocycles. The minimum atomic E-state index is -0.263. The highest BCUT2D eigenvalue weighted by molar-refractivity contribution is 5.60. The summed E-state index contributed by atoms with van der Waals surface area (Å²) in [7, 11) is 0. The number of halogens is 1. The van der Waals surface area contributed by atoms with Gasteiger partial charge in [-0.1, -0.05) is 5.92 Å². The monoisotopic (exact) mass is 189 g/mol. The third-order valence-corrected chi connectivity index (χ3v) is 2.56. The van der Waals surface area contributed by atoms with Gasteiger partial charge in [-0.05, 0) is 31.0 Å². The highest BCUT2D eigenvalue weighted by atomic mass is 19.1. The number of rotatable bonds is 1. The Balaban J connectivity index is 2.37. The summed E-state index contributed by atoms with van der Waals surface area (Å²) in [5, 5.41) is 0. The van der Waals surface area contributed by atoms with Crippen LogP contribution < -0.4 is 4.90 Å². The van der Waals surface area contributed by atoms with E-state index in [2.05, 4.69) is 10.8 Å². The van der Waals surface area contributed by atoms with Gasteiger partial charge in [0.05, 0.1) is 11.3 Å². The standard InChI is InChI=1S/C12H12FN/c1-2-10-9-11(13)5-6-12(10)14-7-3-4-8-14/h1,5-6,9H,3-4,7-8H2. The maximum absolute atomic E-state index is 12.9. The summed E-state index contributed by atoms with van der Waals surface area (Å²) in [6, 6.07) is 4.66. The molecule has 14 heavy (non-hydrogen) atoms. The van der Waals surface area contributed by atoms with Crippen molar-refractivity contribution in [2.75, 3.05) is 18.0 Å². The topological polar surface area (TPSA) is 3.24 Å². The predicted molar refractivity (Wildman–Crippen MR) is 55.8 cm³/mol. The van der Waals surface area contributed by atoms with Crippen LogP contribution in [0.15, 0.2) is 18.2 Å². The van der Waals surface area contributed by atoms with Crippen LogP contribution in [-0.2, 0) is 0 Å². The average molecular weight is 189 g/mol. The van der Waals surface area contributed by atoms with E-state index in [4.69, 9.17) is 6.42 Å². The molecule has 1 aromatic rings. The van der Waals surface area contributed by atoms with Gasteiger partial charge in [-0.25, -0.2) is 4.39 Å². The van der Waals surface area contributed by atoms with Crippen molar-refractivity contribution in [2.24, 2.45) is 0 Å². The first-order valence-corrected chi connectivity index (χ1v) is 4.82. The smallest absolute Gasteiger partial charge is 0.124 e. The molecule has 0 aliphatic carbocycles. The summed E-state index contributed by atoms with van der Waals surface area (Å²) in [5.41, 5.74) is 1.65. The highest BCUT2D eigenvalue weighted by Crippen LogP contribution is 2.24. The van der Waals surface area contributed by atoms with Crippen LogP contribution in [0.1, 0.15) is 18.4 Å². The largest absolute Gasteiger partial charge is 0.371 e. The fourth-order valence-electron chi connectivity index (χ4n) is 1.86. The molecule has 0 radical (unpaired) electrons. The van der Waals surface area contributed by atoms with Gasteiger partial charge in [0.15, 0.2) is 0 Å². The van der Waals surface area contributed by atoms with E-state index in [9.17, 15) is 4.39 Å². The summed E-state index contributed by atoms with van der Waals surface area (Å²) in [4.78, 5) is 2.22. The Hall–Kier alpha value is -1.49. The molecule has 72 valence electrons. The van der Waals surface area contributed by atoms with Gasteiger partial charge in [0.25, 0.3) is 0 Å². The van der Waals surface area contributed by atoms with E-state index in [0.29, 0.717) is 5.56 Å². The first kappa shape index (κ1) is 9.08. The average Bonchev–Trinajstić information content (AvgIpc) is 2.70. The van der Waals surface area contributed by atoms with Gasteiger partial charge in [0.2, 0.25) is 0 Å². The van der Waals surface area contributed by atoms with Crippen molar-refractivity contribution in [1.82, 2.24) is 0 Å². The normalized spacial score (nSPS) is 15.6. The van der Waals surface area contributed by atoms with Gasteiger partial charge >= 0.3 is 0 Å². The lowest BCUT2D eigenvalue weighted by molar-refractivity contribution is 0.627. The Labute approximate surface area is 83.5 Å². The Morgan fingerprint density at radius 2 is 2.00 bits per heavy atom. The molecule has 0 unspecified atom stereocenters. The molecule has 0 spiro atoms. The third kappa shape index (κ3) is 1.58. The van der Waals surface area contributed by atoms with Gasteiger partial charge in [-0.2, -0.15) is 0 Å². The van der Waals surface area contributed by atoms with Crippen molar-refractivity contribution in [1.29, 1.82) is 0 Å². The van der Waals surface area contributed by atoms with E-state index in [1.165, 1.54) is 25.0 Å². The lowest BCUT2D eigenvalue weighted by Crippen LogP contribution is -2.18. The third-order valence-electron chi connectivity index (χ3n) is 2.56.